The number of tetrazole rings is 1. The van der Waals surface area contributed by atoms with Crippen LogP contribution in [0.5, 0.6) is 0 Å². The molecule has 0 atom stereocenters. The molecule has 134 valence electrons. The molecule has 2 aromatic heterocycles. The van der Waals surface area contributed by atoms with E-state index in [0.29, 0.717) is 11.2 Å². The molecule has 0 spiro atoms. The second-order valence-corrected chi connectivity index (χ2v) is 5.69. The van der Waals surface area contributed by atoms with Crippen molar-refractivity contribution in [1.29, 1.82) is 0 Å². The van der Waals surface area contributed by atoms with E-state index >= 15 is 0 Å². The van der Waals surface area contributed by atoms with Gasteiger partial charge in [-0.1, -0.05) is 0 Å². The van der Waals surface area contributed by atoms with Gasteiger partial charge in [-0.15, -0.1) is 5.10 Å². The lowest BCUT2D eigenvalue weighted by Crippen LogP contribution is -2.28. The first-order valence-electron chi connectivity index (χ1n) is 7.88. The third-order valence-electron chi connectivity index (χ3n) is 3.86. The number of carbonyl (C=O) groups excluding carboxylic acids is 1. The molecule has 9 nitrogen and oxygen atoms in total. The van der Waals surface area contributed by atoms with E-state index in [4.69, 9.17) is 0 Å². The van der Waals surface area contributed by atoms with E-state index in [9.17, 15) is 14.0 Å². The molecule has 0 radical (unpaired) electrons. The van der Waals surface area contributed by atoms with E-state index in [2.05, 4.69) is 25.8 Å². The van der Waals surface area contributed by atoms with Gasteiger partial charge in [0.2, 0.25) is 5.91 Å². The molecule has 0 saturated heterocycles. The van der Waals surface area contributed by atoms with Crippen LogP contribution in [0.15, 0.2) is 59.9 Å². The van der Waals surface area contributed by atoms with Gasteiger partial charge < -0.3 is 5.32 Å². The fraction of sp³-hybridized carbons (Fsp3) is 0.0588. The average Bonchev–Trinajstić information content (AvgIpc) is 3.20. The van der Waals surface area contributed by atoms with Crippen LogP contribution in [0, 0.1) is 5.82 Å². The minimum Gasteiger partial charge on any atom is -0.325 e. The molecule has 4 rings (SSSR count). The van der Waals surface area contributed by atoms with E-state index < -0.39 is 17.3 Å². The number of aromatic nitrogens is 6. The van der Waals surface area contributed by atoms with Crippen molar-refractivity contribution in [2.45, 2.75) is 6.54 Å². The lowest BCUT2D eigenvalue weighted by atomic mass is 10.2. The summed E-state index contributed by atoms with van der Waals surface area (Å²) < 4.78 is 16.0. The maximum absolute atomic E-state index is 13.4. The molecule has 27 heavy (non-hydrogen) atoms. The third-order valence-corrected chi connectivity index (χ3v) is 3.86. The number of amides is 1. The van der Waals surface area contributed by atoms with Crippen LogP contribution in [-0.4, -0.2) is 35.7 Å². The topological polar surface area (TPSA) is 108 Å². The van der Waals surface area contributed by atoms with Crippen LogP contribution in [0.1, 0.15) is 0 Å². The van der Waals surface area contributed by atoms with E-state index in [1.54, 1.807) is 24.3 Å². The van der Waals surface area contributed by atoms with E-state index in [1.165, 1.54) is 29.5 Å². The second-order valence-electron chi connectivity index (χ2n) is 5.69. The lowest BCUT2D eigenvalue weighted by Gasteiger charge is -2.08. The highest BCUT2D eigenvalue weighted by Crippen LogP contribution is 2.12. The zero-order valence-electron chi connectivity index (χ0n) is 13.8. The Labute approximate surface area is 151 Å². The molecule has 0 aliphatic heterocycles. The smallest absolute Gasteiger partial charge is 0.261 e. The summed E-state index contributed by atoms with van der Waals surface area (Å²) in [5.74, 6) is -0.948. The van der Waals surface area contributed by atoms with E-state index in [0.717, 1.165) is 16.3 Å². The number of anilines is 1. The molecular formula is C17H12FN7O2. The van der Waals surface area contributed by atoms with Crippen molar-refractivity contribution in [3.8, 4) is 5.69 Å². The van der Waals surface area contributed by atoms with Crippen molar-refractivity contribution in [1.82, 2.24) is 29.8 Å². The Morgan fingerprint density at radius 2 is 1.93 bits per heavy atom. The van der Waals surface area contributed by atoms with Crippen molar-refractivity contribution in [2.75, 3.05) is 5.32 Å². The lowest BCUT2D eigenvalue weighted by molar-refractivity contribution is -0.116. The zero-order valence-corrected chi connectivity index (χ0v) is 13.8. The Balaban J connectivity index is 1.50. The summed E-state index contributed by atoms with van der Waals surface area (Å²) in [6.45, 7) is -0.243. The zero-order chi connectivity index (χ0) is 18.8. The van der Waals surface area contributed by atoms with Crippen LogP contribution < -0.4 is 10.9 Å². The van der Waals surface area contributed by atoms with Crippen molar-refractivity contribution in [3.05, 3.63) is 71.3 Å². The summed E-state index contributed by atoms with van der Waals surface area (Å²) in [6.07, 6.45) is 2.72. The van der Waals surface area contributed by atoms with Gasteiger partial charge in [0, 0.05) is 5.69 Å². The molecule has 0 fully saturated rings. The van der Waals surface area contributed by atoms with Gasteiger partial charge in [-0.05, 0) is 52.9 Å². The highest BCUT2D eigenvalue weighted by atomic mass is 19.1. The van der Waals surface area contributed by atoms with Gasteiger partial charge >= 0.3 is 0 Å². The van der Waals surface area contributed by atoms with Crippen LogP contribution in [0.4, 0.5) is 10.1 Å². The minimum absolute atomic E-state index is 0.121. The molecule has 0 unspecified atom stereocenters. The highest BCUT2D eigenvalue weighted by Gasteiger charge is 2.09. The number of nitrogens with one attached hydrogen (secondary N) is 1. The van der Waals surface area contributed by atoms with Gasteiger partial charge in [0.15, 0.2) is 0 Å². The molecule has 2 aromatic carbocycles. The first kappa shape index (κ1) is 16.5. The third kappa shape index (κ3) is 3.40. The predicted molar refractivity (Wildman–Crippen MR) is 93.7 cm³/mol. The molecule has 1 amide bonds. The Morgan fingerprint density at radius 1 is 1.11 bits per heavy atom. The summed E-state index contributed by atoms with van der Waals surface area (Å²) in [5, 5.41) is 13.7. The number of nitrogens with zero attached hydrogens (tertiary/aromatic N) is 6. The maximum Gasteiger partial charge on any atom is 0.261 e. The molecule has 0 bridgehead atoms. The van der Waals surface area contributed by atoms with Gasteiger partial charge in [0.05, 0.1) is 22.9 Å². The van der Waals surface area contributed by atoms with Crippen molar-refractivity contribution < 1.29 is 9.18 Å². The maximum atomic E-state index is 13.4. The Kier molecular flexibility index (Phi) is 4.13. The van der Waals surface area contributed by atoms with Crippen LogP contribution >= 0.6 is 0 Å². The highest BCUT2D eigenvalue weighted by molar-refractivity contribution is 5.90. The molecule has 2 heterocycles. The Hall–Kier alpha value is -3.95. The SMILES string of the molecule is O=C(Cn1cnc2ccc(F)cc2c1=O)Nc1ccc(-n2cnnn2)cc1. The Morgan fingerprint density at radius 3 is 2.67 bits per heavy atom. The van der Waals surface area contributed by atoms with Crippen molar-refractivity contribution in [3.63, 3.8) is 0 Å². The van der Waals surface area contributed by atoms with Gasteiger partial charge in [0.1, 0.15) is 18.7 Å². The molecule has 0 saturated carbocycles. The number of carbonyl (C=O) groups is 1. The monoisotopic (exact) mass is 365 g/mol. The standard InChI is InChI=1S/C17H12FN7O2/c18-11-1-6-15-14(7-11)17(27)24(9-19-15)8-16(26)21-12-2-4-13(5-3-12)25-10-20-22-23-25/h1-7,9-10H,8H2,(H,21,26). The summed E-state index contributed by atoms with van der Waals surface area (Å²) in [7, 11) is 0. The summed E-state index contributed by atoms with van der Waals surface area (Å²) in [5.41, 5.74) is 1.17. The molecule has 0 aliphatic carbocycles. The number of fused-ring (bicyclic) bond motifs is 1. The summed E-state index contributed by atoms with van der Waals surface area (Å²) in [4.78, 5) is 28.7. The Bertz CT molecular complexity index is 1170. The number of benzene rings is 2. The van der Waals surface area contributed by atoms with Crippen LogP contribution in [0.25, 0.3) is 16.6 Å². The largest absolute Gasteiger partial charge is 0.325 e. The normalized spacial score (nSPS) is 10.9. The fourth-order valence-corrected chi connectivity index (χ4v) is 2.58. The number of hydrogen-bond donors (Lipinski definition) is 1. The molecule has 10 heteroatoms. The van der Waals surface area contributed by atoms with Gasteiger partial charge in [-0.3, -0.25) is 14.2 Å². The van der Waals surface area contributed by atoms with Crippen molar-refractivity contribution >= 4 is 22.5 Å². The minimum atomic E-state index is -0.536. The summed E-state index contributed by atoms with van der Waals surface area (Å²) in [6, 6.07) is 10.6. The van der Waals surface area contributed by atoms with Gasteiger partial charge in [-0.2, -0.15) is 0 Å². The fourth-order valence-electron chi connectivity index (χ4n) is 2.58. The van der Waals surface area contributed by atoms with Crippen LogP contribution in [0.3, 0.4) is 0 Å². The molecule has 4 aromatic rings. The number of halogens is 1. The van der Waals surface area contributed by atoms with Crippen LogP contribution in [-0.2, 0) is 11.3 Å². The molecule has 1 N–H and O–H groups in total. The number of rotatable bonds is 4. The molecule has 0 aliphatic rings. The second kappa shape index (κ2) is 6.75. The van der Waals surface area contributed by atoms with Crippen LogP contribution in [0.2, 0.25) is 0 Å². The molecular weight excluding hydrogens is 353 g/mol. The summed E-state index contributed by atoms with van der Waals surface area (Å²) >= 11 is 0. The van der Waals surface area contributed by atoms with Gasteiger partial charge in [-0.25, -0.2) is 14.1 Å². The van der Waals surface area contributed by atoms with Gasteiger partial charge in [0.25, 0.3) is 5.56 Å². The first-order valence-corrected chi connectivity index (χ1v) is 7.88. The quantitative estimate of drug-likeness (QED) is 0.581. The predicted octanol–water partition coefficient (Wildman–Crippen LogP) is 1.15. The average molecular weight is 365 g/mol. The van der Waals surface area contributed by atoms with E-state index in [1.807, 2.05) is 0 Å². The first-order chi connectivity index (χ1) is 13.1. The van der Waals surface area contributed by atoms with Crippen molar-refractivity contribution in [2.24, 2.45) is 0 Å². The number of hydrogen-bond acceptors (Lipinski definition) is 6. The van der Waals surface area contributed by atoms with E-state index in [-0.39, 0.29) is 11.9 Å².